The third-order valence-electron chi connectivity index (χ3n) is 3.74. The summed E-state index contributed by atoms with van der Waals surface area (Å²) in [7, 11) is 1.64. The number of hydrogen-bond acceptors (Lipinski definition) is 4. The van der Waals surface area contributed by atoms with Crippen LogP contribution in [0.25, 0.3) is 0 Å². The third kappa shape index (κ3) is 5.90. The summed E-state index contributed by atoms with van der Waals surface area (Å²) >= 11 is 0. The first kappa shape index (κ1) is 17.3. The Morgan fingerprint density at radius 2 is 1.96 bits per heavy atom. The summed E-state index contributed by atoms with van der Waals surface area (Å²) in [6.07, 6.45) is 3.05. The van der Waals surface area contributed by atoms with Gasteiger partial charge < -0.3 is 10.1 Å². The average molecular weight is 319 g/mol. The molecule has 6 heteroatoms. The zero-order chi connectivity index (χ0) is 16.7. The molecule has 2 N–H and O–H groups in total. The molecule has 0 saturated heterocycles. The maximum atomic E-state index is 12.0. The van der Waals surface area contributed by atoms with Crippen molar-refractivity contribution in [2.24, 2.45) is 0 Å². The number of benzene rings is 1. The molecule has 0 bridgehead atoms. The van der Waals surface area contributed by atoms with E-state index in [1.807, 2.05) is 31.2 Å². The molecule has 0 heterocycles. The Balaban J connectivity index is 1.85. The second-order valence-electron chi connectivity index (χ2n) is 5.79. The number of imide groups is 1. The number of nitrogens with one attached hydrogen (secondary N) is 2. The van der Waals surface area contributed by atoms with E-state index in [-0.39, 0.29) is 12.5 Å². The molecule has 2 rings (SSSR count). The summed E-state index contributed by atoms with van der Waals surface area (Å²) < 4.78 is 5.15. The van der Waals surface area contributed by atoms with E-state index < -0.39 is 6.03 Å². The Bertz CT molecular complexity index is 526. The molecular formula is C17H25N3O3. The highest BCUT2D eigenvalue weighted by molar-refractivity contribution is 5.95. The summed E-state index contributed by atoms with van der Waals surface area (Å²) in [5, 5.41) is 5.02. The second-order valence-corrected chi connectivity index (χ2v) is 5.79. The summed E-state index contributed by atoms with van der Waals surface area (Å²) in [6.45, 7) is 3.46. The number of urea groups is 1. The highest BCUT2D eigenvalue weighted by atomic mass is 16.5. The highest BCUT2D eigenvalue weighted by Gasteiger charge is 2.30. The quantitative estimate of drug-likeness (QED) is 0.768. The van der Waals surface area contributed by atoms with E-state index in [4.69, 9.17) is 4.74 Å². The van der Waals surface area contributed by atoms with Gasteiger partial charge in [-0.15, -0.1) is 0 Å². The first-order valence-electron chi connectivity index (χ1n) is 8.07. The SMILES string of the molecule is CCCNC(=O)NC(=O)CN(Cc1ccc(OC)cc1)C1CC1. The lowest BCUT2D eigenvalue weighted by molar-refractivity contribution is -0.121. The van der Waals surface area contributed by atoms with Gasteiger partial charge in [-0.25, -0.2) is 4.79 Å². The maximum absolute atomic E-state index is 12.0. The molecular weight excluding hydrogens is 294 g/mol. The van der Waals surface area contributed by atoms with Gasteiger partial charge in [0.1, 0.15) is 5.75 Å². The molecule has 6 nitrogen and oxygen atoms in total. The normalized spacial score (nSPS) is 13.7. The van der Waals surface area contributed by atoms with Gasteiger partial charge in [-0.1, -0.05) is 19.1 Å². The van der Waals surface area contributed by atoms with Gasteiger partial charge in [0.2, 0.25) is 5.91 Å². The van der Waals surface area contributed by atoms with E-state index >= 15 is 0 Å². The fraction of sp³-hybridized carbons (Fsp3) is 0.529. The van der Waals surface area contributed by atoms with E-state index in [0.717, 1.165) is 30.6 Å². The van der Waals surface area contributed by atoms with Gasteiger partial charge in [0.05, 0.1) is 13.7 Å². The lowest BCUT2D eigenvalue weighted by Crippen LogP contribution is -2.45. The van der Waals surface area contributed by atoms with Crippen LogP contribution in [0.4, 0.5) is 4.79 Å². The van der Waals surface area contributed by atoms with Crippen molar-refractivity contribution in [3.05, 3.63) is 29.8 Å². The number of ether oxygens (including phenoxy) is 1. The van der Waals surface area contributed by atoms with Crippen LogP contribution in [0.3, 0.4) is 0 Å². The number of carbonyl (C=O) groups excluding carboxylic acids is 2. The minimum absolute atomic E-state index is 0.232. The van der Waals surface area contributed by atoms with Crippen molar-refractivity contribution in [2.45, 2.75) is 38.8 Å². The molecule has 1 aromatic carbocycles. The second kappa shape index (κ2) is 8.53. The molecule has 1 aliphatic rings. The van der Waals surface area contributed by atoms with Crippen LogP contribution in [0.5, 0.6) is 5.75 Å². The molecule has 0 radical (unpaired) electrons. The summed E-state index contributed by atoms with van der Waals surface area (Å²) in [5.41, 5.74) is 1.13. The van der Waals surface area contributed by atoms with Gasteiger partial charge in [-0.05, 0) is 37.0 Å². The van der Waals surface area contributed by atoms with Gasteiger partial charge in [-0.3, -0.25) is 15.0 Å². The van der Waals surface area contributed by atoms with Crippen LogP contribution in [0, 0.1) is 0 Å². The van der Waals surface area contributed by atoms with Gasteiger partial charge >= 0.3 is 6.03 Å². The number of hydrogen-bond donors (Lipinski definition) is 2. The number of amides is 3. The largest absolute Gasteiger partial charge is 0.497 e. The average Bonchev–Trinajstić information content (AvgIpc) is 3.38. The molecule has 0 unspecified atom stereocenters. The predicted octanol–water partition coefficient (Wildman–Crippen LogP) is 1.90. The summed E-state index contributed by atoms with van der Waals surface area (Å²) in [4.78, 5) is 25.7. The molecule has 3 amide bonds. The first-order valence-corrected chi connectivity index (χ1v) is 8.07. The van der Waals surface area contributed by atoms with Gasteiger partial charge in [0.15, 0.2) is 0 Å². The van der Waals surface area contributed by atoms with Crippen molar-refractivity contribution in [1.82, 2.24) is 15.5 Å². The predicted molar refractivity (Wildman–Crippen MR) is 88.3 cm³/mol. The van der Waals surface area contributed by atoms with Crippen molar-refractivity contribution in [2.75, 3.05) is 20.2 Å². The van der Waals surface area contributed by atoms with Crippen LogP contribution in [0.2, 0.25) is 0 Å². The lowest BCUT2D eigenvalue weighted by atomic mass is 10.2. The van der Waals surface area contributed by atoms with Crippen LogP contribution in [0.1, 0.15) is 31.7 Å². The fourth-order valence-electron chi connectivity index (χ4n) is 2.35. The molecule has 0 aliphatic heterocycles. The highest BCUT2D eigenvalue weighted by Crippen LogP contribution is 2.28. The minimum atomic E-state index is -0.419. The molecule has 1 aromatic rings. The summed E-state index contributed by atoms with van der Waals surface area (Å²) in [6, 6.07) is 7.84. The first-order chi connectivity index (χ1) is 11.1. The zero-order valence-electron chi connectivity index (χ0n) is 13.8. The van der Waals surface area contributed by atoms with E-state index in [9.17, 15) is 9.59 Å². The van der Waals surface area contributed by atoms with Gasteiger partial charge in [0, 0.05) is 19.1 Å². The van der Waals surface area contributed by atoms with Crippen LogP contribution < -0.4 is 15.4 Å². The van der Waals surface area contributed by atoms with E-state index in [1.54, 1.807) is 7.11 Å². The topological polar surface area (TPSA) is 70.7 Å². The van der Waals surface area contributed by atoms with Crippen molar-refractivity contribution in [3.63, 3.8) is 0 Å². The van der Waals surface area contributed by atoms with Crippen molar-refractivity contribution < 1.29 is 14.3 Å². The van der Waals surface area contributed by atoms with Crippen molar-refractivity contribution >= 4 is 11.9 Å². The van der Waals surface area contributed by atoms with Crippen molar-refractivity contribution in [1.29, 1.82) is 0 Å². The van der Waals surface area contributed by atoms with Gasteiger partial charge in [0.25, 0.3) is 0 Å². The van der Waals surface area contributed by atoms with E-state index in [0.29, 0.717) is 19.1 Å². The lowest BCUT2D eigenvalue weighted by Gasteiger charge is -2.21. The van der Waals surface area contributed by atoms with Gasteiger partial charge in [-0.2, -0.15) is 0 Å². The molecule has 1 fully saturated rings. The van der Waals surface area contributed by atoms with E-state index in [2.05, 4.69) is 15.5 Å². The number of carbonyl (C=O) groups is 2. The third-order valence-corrected chi connectivity index (χ3v) is 3.74. The molecule has 0 spiro atoms. The molecule has 0 aromatic heterocycles. The van der Waals surface area contributed by atoms with Crippen LogP contribution in [-0.4, -0.2) is 43.1 Å². The standard InChI is InChI=1S/C17H25N3O3/c1-3-10-18-17(22)19-16(21)12-20(14-6-7-14)11-13-4-8-15(23-2)9-5-13/h4-5,8-9,14H,3,6-7,10-12H2,1-2H3,(H2,18,19,21,22). The van der Waals surface area contributed by atoms with Crippen LogP contribution in [0.15, 0.2) is 24.3 Å². The van der Waals surface area contributed by atoms with Crippen molar-refractivity contribution in [3.8, 4) is 5.75 Å². The number of rotatable bonds is 8. The zero-order valence-corrected chi connectivity index (χ0v) is 13.8. The molecule has 126 valence electrons. The Morgan fingerprint density at radius 3 is 2.52 bits per heavy atom. The molecule has 0 atom stereocenters. The van der Waals surface area contributed by atoms with E-state index in [1.165, 1.54) is 0 Å². The minimum Gasteiger partial charge on any atom is -0.497 e. The number of nitrogens with zero attached hydrogens (tertiary/aromatic N) is 1. The maximum Gasteiger partial charge on any atom is 0.321 e. The van der Waals surface area contributed by atoms with Crippen LogP contribution >= 0.6 is 0 Å². The van der Waals surface area contributed by atoms with Crippen LogP contribution in [-0.2, 0) is 11.3 Å². The summed E-state index contributed by atoms with van der Waals surface area (Å²) in [5.74, 6) is 0.552. The smallest absolute Gasteiger partial charge is 0.321 e. The molecule has 23 heavy (non-hydrogen) atoms. The fourth-order valence-corrected chi connectivity index (χ4v) is 2.35. The monoisotopic (exact) mass is 319 g/mol. The Labute approximate surface area is 137 Å². The molecule has 1 aliphatic carbocycles. The number of methoxy groups -OCH3 is 1. The Kier molecular flexibility index (Phi) is 6.40. The Hall–Kier alpha value is -2.08. The Morgan fingerprint density at radius 1 is 1.26 bits per heavy atom. The molecule has 1 saturated carbocycles.